The molecule has 1 amide bonds. The molecule has 5 rings (SSSR count). The normalized spacial score (nSPS) is 15.6. The van der Waals surface area contributed by atoms with Gasteiger partial charge in [-0.15, -0.1) is 0 Å². The minimum Gasteiger partial charge on any atom is -0.444 e. The molecule has 0 spiro atoms. The Kier molecular flexibility index (Phi) is 8.17. The highest BCUT2D eigenvalue weighted by molar-refractivity contribution is 6.31. The van der Waals surface area contributed by atoms with Gasteiger partial charge in [-0.25, -0.2) is 9.78 Å². The van der Waals surface area contributed by atoms with Crippen molar-refractivity contribution >= 4 is 40.5 Å². The summed E-state index contributed by atoms with van der Waals surface area (Å²) in [7, 11) is 0. The number of alkyl carbamates (subject to hydrolysis) is 1. The van der Waals surface area contributed by atoms with Crippen LogP contribution < -0.4 is 15.8 Å². The summed E-state index contributed by atoms with van der Waals surface area (Å²) in [5.41, 5.74) is 1.40. The van der Waals surface area contributed by atoms with Crippen molar-refractivity contribution in [1.82, 2.24) is 19.4 Å². The zero-order chi connectivity index (χ0) is 29.1. The number of carbonyl (C=O) groups excluding carboxylic acids is 2. The number of halogens is 1. The third-order valence-electron chi connectivity index (χ3n) is 6.97. The van der Waals surface area contributed by atoms with Gasteiger partial charge in [-0.3, -0.25) is 9.59 Å². The van der Waals surface area contributed by atoms with Crippen molar-refractivity contribution in [2.45, 2.75) is 58.3 Å². The number of aromatic nitrogens is 3. The Labute approximate surface area is 243 Å². The number of hydrogen-bond donors (Lipinski definition) is 1. The van der Waals surface area contributed by atoms with Gasteiger partial charge in [0.2, 0.25) is 5.95 Å². The van der Waals surface area contributed by atoms with Crippen LogP contribution in [0.3, 0.4) is 0 Å². The fourth-order valence-corrected chi connectivity index (χ4v) is 5.29. The van der Waals surface area contributed by atoms with Gasteiger partial charge < -0.3 is 24.1 Å². The number of hydrogen-bond acceptors (Lipinski definition) is 6. The largest absolute Gasteiger partial charge is 0.444 e. The molecule has 0 aliphatic carbocycles. The third-order valence-corrected chi connectivity index (χ3v) is 7.34. The van der Waals surface area contributed by atoms with Crippen LogP contribution in [0.4, 0.5) is 10.7 Å². The van der Waals surface area contributed by atoms with E-state index in [0.29, 0.717) is 47.2 Å². The second-order valence-corrected chi connectivity index (χ2v) is 11.7. The Bertz CT molecular complexity index is 1620. The van der Waals surface area contributed by atoms with Gasteiger partial charge in [-0.05, 0) is 51.3 Å². The van der Waals surface area contributed by atoms with Crippen LogP contribution in [0.1, 0.15) is 49.5 Å². The number of nitrogens with one attached hydrogen (secondary N) is 1. The predicted octanol–water partition coefficient (Wildman–Crippen LogP) is 5.28. The molecule has 3 heterocycles. The first-order valence-electron chi connectivity index (χ1n) is 13.7. The molecule has 0 radical (unpaired) electrons. The number of benzene rings is 2. The maximum atomic E-state index is 13.9. The molecule has 1 fully saturated rings. The van der Waals surface area contributed by atoms with E-state index in [2.05, 4.69) is 10.2 Å². The molecular formula is C31H34ClN5O4. The van der Waals surface area contributed by atoms with Crippen molar-refractivity contribution in [3.8, 4) is 0 Å². The number of piperidine rings is 1. The number of anilines is 1. The number of carbonyl (C=O) groups is 2. The lowest BCUT2D eigenvalue weighted by molar-refractivity contribution is 0.0499. The van der Waals surface area contributed by atoms with Crippen molar-refractivity contribution in [3.05, 3.63) is 93.4 Å². The maximum Gasteiger partial charge on any atom is 0.407 e. The second kappa shape index (κ2) is 11.8. The quantitative estimate of drug-likeness (QED) is 0.301. The zero-order valence-electron chi connectivity index (χ0n) is 23.5. The van der Waals surface area contributed by atoms with E-state index in [9.17, 15) is 14.4 Å². The molecule has 214 valence electrons. The lowest BCUT2D eigenvalue weighted by atomic mass is 10.1. The van der Waals surface area contributed by atoms with Crippen molar-refractivity contribution in [2.75, 3.05) is 18.0 Å². The summed E-state index contributed by atoms with van der Waals surface area (Å²) in [6.07, 6.45) is 2.78. The van der Waals surface area contributed by atoms with Crippen LogP contribution in [-0.4, -0.2) is 50.7 Å². The molecule has 0 bridgehead atoms. The van der Waals surface area contributed by atoms with E-state index >= 15 is 0 Å². The molecule has 1 saturated heterocycles. The number of fused-ring (bicyclic) bond motifs is 1. The zero-order valence-corrected chi connectivity index (χ0v) is 24.2. The van der Waals surface area contributed by atoms with Crippen LogP contribution in [-0.2, 0) is 17.8 Å². The molecule has 1 aliphatic rings. The predicted molar refractivity (Wildman–Crippen MR) is 160 cm³/mol. The van der Waals surface area contributed by atoms with Gasteiger partial charge in [0.05, 0.1) is 18.6 Å². The lowest BCUT2D eigenvalue weighted by Crippen LogP contribution is -2.49. The minimum atomic E-state index is -0.594. The van der Waals surface area contributed by atoms with E-state index in [1.165, 1.54) is 4.57 Å². The molecule has 1 aliphatic heterocycles. The molecule has 0 saturated carbocycles. The fourth-order valence-electron chi connectivity index (χ4n) is 5.10. The number of Topliss-reactive ketones (excluding diaryl/α,β-unsaturated/α-hetero) is 1. The Hall–Kier alpha value is -4.11. The van der Waals surface area contributed by atoms with Gasteiger partial charge in [0.15, 0.2) is 5.78 Å². The molecule has 10 heteroatoms. The molecule has 2 aromatic carbocycles. The minimum absolute atomic E-state index is 0.0863. The van der Waals surface area contributed by atoms with Crippen LogP contribution in [0, 0.1) is 0 Å². The van der Waals surface area contributed by atoms with Crippen LogP contribution in [0.25, 0.3) is 11.0 Å². The van der Waals surface area contributed by atoms with Crippen LogP contribution in [0.2, 0.25) is 5.02 Å². The second-order valence-electron chi connectivity index (χ2n) is 11.3. The fraction of sp³-hybridized carbons (Fsp3) is 0.355. The number of amides is 1. The summed E-state index contributed by atoms with van der Waals surface area (Å²) < 4.78 is 8.76. The first-order chi connectivity index (χ1) is 19.6. The van der Waals surface area contributed by atoms with Gasteiger partial charge in [0, 0.05) is 35.9 Å². The van der Waals surface area contributed by atoms with Gasteiger partial charge in [0.1, 0.15) is 11.1 Å². The topological polar surface area (TPSA) is 98.5 Å². The van der Waals surface area contributed by atoms with Gasteiger partial charge in [0.25, 0.3) is 5.56 Å². The molecule has 2 aromatic heterocycles. The van der Waals surface area contributed by atoms with Crippen molar-refractivity contribution < 1.29 is 14.3 Å². The van der Waals surface area contributed by atoms with E-state index in [1.54, 1.807) is 36.5 Å². The summed E-state index contributed by atoms with van der Waals surface area (Å²) in [6, 6.07) is 18.0. The van der Waals surface area contributed by atoms with E-state index in [0.717, 1.165) is 18.4 Å². The number of ketones is 1. The lowest BCUT2D eigenvalue weighted by Gasteiger charge is -2.34. The average Bonchev–Trinajstić information content (AvgIpc) is 3.30. The molecule has 1 N–H and O–H groups in total. The average molecular weight is 576 g/mol. The summed E-state index contributed by atoms with van der Waals surface area (Å²) in [4.78, 5) is 46.2. The van der Waals surface area contributed by atoms with E-state index in [-0.39, 0.29) is 23.9 Å². The maximum absolute atomic E-state index is 13.9. The van der Waals surface area contributed by atoms with E-state index in [1.807, 2.05) is 55.7 Å². The monoisotopic (exact) mass is 575 g/mol. The summed E-state index contributed by atoms with van der Waals surface area (Å²) >= 11 is 6.53. The molecule has 41 heavy (non-hydrogen) atoms. The Morgan fingerprint density at radius 2 is 1.80 bits per heavy atom. The highest BCUT2D eigenvalue weighted by Crippen LogP contribution is 2.27. The van der Waals surface area contributed by atoms with Gasteiger partial charge in [-0.2, -0.15) is 0 Å². The van der Waals surface area contributed by atoms with Gasteiger partial charge in [-0.1, -0.05) is 60.1 Å². The Morgan fingerprint density at radius 1 is 1.07 bits per heavy atom. The third kappa shape index (κ3) is 6.62. The number of rotatable bonds is 7. The van der Waals surface area contributed by atoms with E-state index in [4.69, 9.17) is 21.3 Å². The molecular weight excluding hydrogens is 542 g/mol. The van der Waals surface area contributed by atoms with Gasteiger partial charge >= 0.3 is 6.09 Å². The van der Waals surface area contributed by atoms with E-state index < -0.39 is 11.7 Å². The van der Waals surface area contributed by atoms with Crippen LogP contribution in [0.15, 0.2) is 71.7 Å². The Balaban J connectivity index is 1.51. The first kappa shape index (κ1) is 28.4. The smallest absolute Gasteiger partial charge is 0.407 e. The Morgan fingerprint density at radius 3 is 2.54 bits per heavy atom. The van der Waals surface area contributed by atoms with Crippen molar-refractivity contribution in [1.29, 1.82) is 0 Å². The van der Waals surface area contributed by atoms with Crippen molar-refractivity contribution in [3.63, 3.8) is 0 Å². The number of pyridine rings is 1. The van der Waals surface area contributed by atoms with Crippen LogP contribution >= 0.6 is 11.6 Å². The number of nitrogens with zero attached hydrogens (tertiary/aromatic N) is 4. The highest BCUT2D eigenvalue weighted by Gasteiger charge is 2.28. The summed E-state index contributed by atoms with van der Waals surface area (Å²) in [5, 5.41) is 3.56. The standard InChI is InChI=1S/C31H34ClN5O4/c1-31(2,3)41-30(40)33-23-13-9-16-36(19-23)29-34-25-15-17-35(20-26(38)21-10-5-4-6-11-21)28(39)27(25)37(29)18-22-12-7-8-14-24(22)32/h4-8,10-12,14-15,17,23H,9,13,16,18-20H2,1-3H3,(H,33,40)/t23-/m1/s1. The SMILES string of the molecule is CC(C)(C)OC(=O)N[C@@H]1CCCN(c2nc3ccn(CC(=O)c4ccccc4)c(=O)c3n2Cc2ccccc2Cl)C1. The van der Waals surface area contributed by atoms with Crippen LogP contribution in [0.5, 0.6) is 0 Å². The highest BCUT2D eigenvalue weighted by atomic mass is 35.5. The summed E-state index contributed by atoms with van der Waals surface area (Å²) in [6.45, 7) is 6.94. The number of ether oxygens (including phenoxy) is 1. The molecule has 4 aromatic rings. The first-order valence-corrected chi connectivity index (χ1v) is 14.1. The molecule has 9 nitrogen and oxygen atoms in total. The van der Waals surface area contributed by atoms with Crippen molar-refractivity contribution in [2.24, 2.45) is 0 Å². The molecule has 0 unspecified atom stereocenters. The summed E-state index contributed by atoms with van der Waals surface area (Å²) in [5.74, 6) is 0.455. The number of imidazole rings is 1. The molecule has 1 atom stereocenters.